The Labute approximate surface area is 232 Å². The van der Waals surface area contributed by atoms with Crippen LogP contribution in [0.15, 0.2) is 128 Å². The van der Waals surface area contributed by atoms with E-state index in [1.54, 1.807) is 12.4 Å². The lowest BCUT2D eigenvalue weighted by Crippen LogP contribution is -2.36. The van der Waals surface area contributed by atoms with Crippen LogP contribution in [0.4, 0.5) is 0 Å². The maximum atomic E-state index is 7.21. The highest BCUT2D eigenvalue weighted by atomic mass is 35.5. The van der Waals surface area contributed by atoms with Crippen LogP contribution in [-0.2, 0) is 5.60 Å². The van der Waals surface area contributed by atoms with Crippen molar-refractivity contribution in [2.24, 2.45) is 0 Å². The lowest BCUT2D eigenvalue weighted by molar-refractivity contribution is 0.154. The van der Waals surface area contributed by atoms with Gasteiger partial charge in [-0.05, 0) is 25.1 Å². The fourth-order valence-electron chi connectivity index (χ4n) is 4.91. The number of nitrogens with one attached hydrogen (secondary N) is 1. The third-order valence-corrected chi connectivity index (χ3v) is 7.28. The summed E-state index contributed by atoms with van der Waals surface area (Å²) in [4.78, 5) is 8.45. The van der Waals surface area contributed by atoms with E-state index in [0.29, 0.717) is 10.8 Å². The molecule has 0 aliphatic carbocycles. The maximum Gasteiger partial charge on any atom is 0.184 e. The summed E-state index contributed by atoms with van der Waals surface area (Å²) in [5, 5.41) is 8.02. The molecule has 0 aliphatic rings. The molecule has 0 unspecified atom stereocenters. The van der Waals surface area contributed by atoms with E-state index in [-0.39, 0.29) is 0 Å². The molecule has 6 aromatic rings. The van der Waals surface area contributed by atoms with Gasteiger partial charge in [-0.15, -0.1) is 0 Å². The van der Waals surface area contributed by atoms with Crippen LogP contribution in [0.2, 0.25) is 5.02 Å². The van der Waals surface area contributed by atoms with Gasteiger partial charge in [-0.2, -0.15) is 5.10 Å². The molecule has 6 rings (SSSR count). The van der Waals surface area contributed by atoms with Crippen molar-refractivity contribution in [2.45, 2.75) is 12.5 Å². The maximum absolute atomic E-state index is 7.21. The van der Waals surface area contributed by atoms with E-state index in [9.17, 15) is 0 Å². The summed E-state index contributed by atoms with van der Waals surface area (Å²) in [5.41, 5.74) is 6.18. The highest BCUT2D eigenvalue weighted by Crippen LogP contribution is 2.44. The van der Waals surface area contributed by atoms with Crippen LogP contribution in [0, 0.1) is 6.92 Å². The number of H-pyrrole nitrogens is 1. The Morgan fingerprint density at radius 2 is 1.36 bits per heavy atom. The number of hydrogen-bond acceptors (Lipinski definition) is 4. The van der Waals surface area contributed by atoms with Crippen molar-refractivity contribution in [3.63, 3.8) is 0 Å². The zero-order chi connectivity index (χ0) is 26.7. The van der Waals surface area contributed by atoms with E-state index >= 15 is 0 Å². The van der Waals surface area contributed by atoms with Gasteiger partial charge in [0.05, 0.1) is 17.6 Å². The third kappa shape index (κ3) is 4.58. The minimum Gasteiger partial charge on any atom is -0.473 e. The molecule has 0 atom stereocenters. The highest BCUT2D eigenvalue weighted by Gasteiger charge is 2.39. The third-order valence-electron chi connectivity index (χ3n) is 6.89. The van der Waals surface area contributed by atoms with Gasteiger partial charge in [-0.1, -0.05) is 103 Å². The fraction of sp³-hybridized carbons (Fsp3) is 0.0606. The topological polar surface area (TPSA) is 63.7 Å². The molecule has 0 amide bonds. The molecule has 0 fully saturated rings. The normalized spacial score (nSPS) is 11.3. The Morgan fingerprint density at radius 3 is 1.90 bits per heavy atom. The van der Waals surface area contributed by atoms with Crippen LogP contribution in [-0.4, -0.2) is 20.2 Å². The average Bonchev–Trinajstić information content (AvgIpc) is 3.50. The van der Waals surface area contributed by atoms with E-state index in [1.165, 1.54) is 6.33 Å². The van der Waals surface area contributed by atoms with Crippen LogP contribution in [0.25, 0.3) is 22.5 Å². The Kier molecular flexibility index (Phi) is 6.66. The molecule has 2 aromatic heterocycles. The minimum absolute atomic E-state index is 0.592. The van der Waals surface area contributed by atoms with Crippen molar-refractivity contribution < 1.29 is 4.74 Å². The van der Waals surface area contributed by atoms with Crippen LogP contribution < -0.4 is 4.74 Å². The Bertz CT molecular complexity index is 1590. The molecule has 39 heavy (non-hydrogen) atoms. The summed E-state index contributed by atoms with van der Waals surface area (Å²) in [7, 11) is 0. The average molecular weight is 529 g/mol. The summed E-state index contributed by atoms with van der Waals surface area (Å²) >= 11 is 6.86. The Morgan fingerprint density at radius 1 is 0.769 bits per heavy atom. The number of aromatic nitrogens is 4. The van der Waals surface area contributed by atoms with Crippen molar-refractivity contribution in [3.8, 4) is 28.3 Å². The van der Waals surface area contributed by atoms with Crippen molar-refractivity contribution in [3.05, 3.63) is 155 Å². The van der Waals surface area contributed by atoms with Gasteiger partial charge in [0.2, 0.25) is 0 Å². The number of benzene rings is 4. The summed E-state index contributed by atoms with van der Waals surface area (Å²) in [6, 6.07) is 36.7. The zero-order valence-electron chi connectivity index (χ0n) is 21.3. The molecule has 0 aliphatic heterocycles. The second-order valence-electron chi connectivity index (χ2n) is 9.22. The molecular formula is C33H25ClN4O. The van der Waals surface area contributed by atoms with Crippen LogP contribution in [0.1, 0.15) is 22.3 Å². The van der Waals surface area contributed by atoms with Crippen LogP contribution in [0.3, 0.4) is 0 Å². The quantitative estimate of drug-likeness (QED) is 0.214. The summed E-state index contributed by atoms with van der Waals surface area (Å²) < 4.78 is 7.21. The predicted molar refractivity (Wildman–Crippen MR) is 155 cm³/mol. The smallest absolute Gasteiger partial charge is 0.184 e. The van der Waals surface area contributed by atoms with E-state index in [4.69, 9.17) is 16.3 Å². The molecular weight excluding hydrogens is 504 g/mol. The summed E-state index contributed by atoms with van der Waals surface area (Å²) in [6.45, 7) is 1.98. The van der Waals surface area contributed by atoms with Gasteiger partial charge in [-0.3, -0.25) is 5.10 Å². The van der Waals surface area contributed by atoms with Gasteiger partial charge in [-0.25, -0.2) is 9.97 Å². The number of aromatic amines is 1. The monoisotopic (exact) mass is 528 g/mol. The molecule has 0 radical (unpaired) electrons. The lowest BCUT2D eigenvalue weighted by atomic mass is 9.80. The second-order valence-corrected chi connectivity index (χ2v) is 9.62. The molecule has 0 saturated heterocycles. The van der Waals surface area contributed by atoms with Crippen molar-refractivity contribution in [1.29, 1.82) is 0 Å². The number of ether oxygens (including phenoxy) is 1. The lowest BCUT2D eigenvalue weighted by Gasteiger charge is -2.37. The second kappa shape index (κ2) is 10.6. The van der Waals surface area contributed by atoms with E-state index in [1.807, 2.05) is 79.7 Å². The molecule has 1 N–H and O–H groups in total. The van der Waals surface area contributed by atoms with Gasteiger partial charge in [0.15, 0.2) is 5.60 Å². The van der Waals surface area contributed by atoms with E-state index < -0.39 is 5.60 Å². The van der Waals surface area contributed by atoms with Gasteiger partial charge >= 0.3 is 0 Å². The molecule has 2 heterocycles. The minimum atomic E-state index is -0.931. The van der Waals surface area contributed by atoms with Gasteiger partial charge in [0.25, 0.3) is 0 Å². The van der Waals surface area contributed by atoms with Crippen molar-refractivity contribution >= 4 is 11.6 Å². The first kappa shape index (κ1) is 24.6. The standard InChI is InChI=1S/C33H25ClN4O/c1-23-29(34)19-24(32-28(21-37-38-32)30-17-18-35-22-36-30)20-31(23)39-33(25-11-5-2-6-12-25,26-13-7-3-8-14-26)27-15-9-4-10-16-27/h2-22H,1H3,(H,37,38). The molecule has 0 bridgehead atoms. The van der Waals surface area contributed by atoms with E-state index in [0.717, 1.165) is 44.8 Å². The molecule has 190 valence electrons. The fourth-order valence-corrected chi connectivity index (χ4v) is 5.13. The molecule has 4 aromatic carbocycles. The first-order valence-electron chi connectivity index (χ1n) is 12.6. The molecule has 6 heteroatoms. The highest BCUT2D eigenvalue weighted by molar-refractivity contribution is 6.31. The SMILES string of the molecule is Cc1c(Cl)cc(-c2[nH]ncc2-c2ccncn2)cc1OC(c1ccccc1)(c1ccccc1)c1ccccc1. The van der Waals surface area contributed by atoms with Gasteiger partial charge in [0, 0.05) is 44.6 Å². The number of halogens is 1. The predicted octanol–water partition coefficient (Wildman–Crippen LogP) is 7.87. The van der Waals surface area contributed by atoms with Crippen LogP contribution in [0.5, 0.6) is 5.75 Å². The van der Waals surface area contributed by atoms with Crippen LogP contribution >= 0.6 is 11.6 Å². The van der Waals surface area contributed by atoms with Gasteiger partial charge in [0.1, 0.15) is 12.1 Å². The molecule has 5 nitrogen and oxygen atoms in total. The van der Waals surface area contributed by atoms with Gasteiger partial charge < -0.3 is 4.74 Å². The molecule has 0 saturated carbocycles. The van der Waals surface area contributed by atoms with Crippen molar-refractivity contribution in [2.75, 3.05) is 0 Å². The van der Waals surface area contributed by atoms with E-state index in [2.05, 4.69) is 56.6 Å². The first-order chi connectivity index (χ1) is 19.2. The Balaban J connectivity index is 1.57. The van der Waals surface area contributed by atoms with Crippen molar-refractivity contribution in [1.82, 2.24) is 20.2 Å². The summed E-state index contributed by atoms with van der Waals surface area (Å²) in [6.07, 6.45) is 4.99. The number of hydrogen-bond donors (Lipinski definition) is 1. The number of nitrogens with zero attached hydrogens (tertiary/aromatic N) is 3. The Hall–Kier alpha value is -4.74. The largest absolute Gasteiger partial charge is 0.473 e. The number of rotatable bonds is 7. The molecule has 0 spiro atoms. The zero-order valence-corrected chi connectivity index (χ0v) is 22.0. The summed E-state index contributed by atoms with van der Waals surface area (Å²) in [5.74, 6) is 0.664. The first-order valence-corrected chi connectivity index (χ1v) is 13.0.